The summed E-state index contributed by atoms with van der Waals surface area (Å²) >= 11 is 0. The summed E-state index contributed by atoms with van der Waals surface area (Å²) in [7, 11) is -1.94. The molecular formula is C28H40N4O5S. The molecule has 0 unspecified atom stereocenters. The van der Waals surface area contributed by atoms with Gasteiger partial charge in [0.1, 0.15) is 5.75 Å². The molecule has 1 heterocycles. The lowest BCUT2D eigenvalue weighted by Gasteiger charge is -2.39. The van der Waals surface area contributed by atoms with Crippen molar-refractivity contribution in [2.24, 2.45) is 0 Å². The van der Waals surface area contributed by atoms with Gasteiger partial charge in [-0.05, 0) is 56.4 Å². The molecule has 2 aromatic carbocycles. The fourth-order valence-corrected chi connectivity index (χ4v) is 5.84. The molecule has 1 saturated heterocycles. The number of urea groups is 1. The van der Waals surface area contributed by atoms with E-state index < -0.39 is 10.0 Å². The van der Waals surface area contributed by atoms with Gasteiger partial charge in [-0.1, -0.05) is 43.3 Å². The molecule has 0 aromatic heterocycles. The van der Waals surface area contributed by atoms with Crippen molar-refractivity contribution in [3.63, 3.8) is 0 Å². The minimum Gasteiger partial charge on any atom is -0.495 e. The second-order valence-electron chi connectivity index (χ2n) is 9.53. The lowest BCUT2D eigenvalue weighted by Crippen LogP contribution is -2.52. The molecule has 9 nitrogen and oxygen atoms in total. The van der Waals surface area contributed by atoms with E-state index in [4.69, 9.17) is 4.74 Å². The predicted octanol–water partition coefficient (Wildman–Crippen LogP) is 4.09. The summed E-state index contributed by atoms with van der Waals surface area (Å²) in [6.07, 6.45) is 1.83. The summed E-state index contributed by atoms with van der Waals surface area (Å²) in [6, 6.07) is 14.8. The highest BCUT2D eigenvalue weighted by molar-refractivity contribution is 7.89. The van der Waals surface area contributed by atoms with Crippen LogP contribution in [0.2, 0.25) is 0 Å². The Morgan fingerprint density at radius 3 is 2.34 bits per heavy atom. The molecule has 0 radical (unpaired) electrons. The van der Waals surface area contributed by atoms with Crippen LogP contribution in [0.25, 0.3) is 0 Å². The van der Waals surface area contributed by atoms with E-state index in [9.17, 15) is 18.0 Å². The molecule has 1 N–H and O–H groups in total. The van der Waals surface area contributed by atoms with Crippen molar-refractivity contribution in [2.75, 3.05) is 44.4 Å². The summed E-state index contributed by atoms with van der Waals surface area (Å²) in [5.74, 6) is 0.331. The molecular weight excluding hydrogens is 504 g/mol. The number of piperidine rings is 1. The third kappa shape index (κ3) is 7.48. The minimum atomic E-state index is -3.50. The third-order valence-corrected chi connectivity index (χ3v) is 8.83. The van der Waals surface area contributed by atoms with E-state index in [1.165, 1.54) is 4.31 Å². The van der Waals surface area contributed by atoms with Gasteiger partial charge in [-0.15, -0.1) is 0 Å². The molecule has 0 aliphatic carbocycles. The van der Waals surface area contributed by atoms with Gasteiger partial charge < -0.3 is 19.9 Å². The highest BCUT2D eigenvalue weighted by Crippen LogP contribution is 2.25. The smallest absolute Gasteiger partial charge is 0.321 e. The molecule has 0 bridgehead atoms. The molecule has 0 saturated carbocycles. The maximum Gasteiger partial charge on any atom is 0.321 e. The summed E-state index contributed by atoms with van der Waals surface area (Å²) in [4.78, 5) is 30.1. The van der Waals surface area contributed by atoms with Crippen LogP contribution < -0.4 is 10.1 Å². The topological polar surface area (TPSA) is 99.3 Å². The number of methoxy groups -OCH3 is 1. The first kappa shape index (κ1) is 29.4. The molecule has 0 atom stereocenters. The van der Waals surface area contributed by atoms with Crippen LogP contribution in [-0.4, -0.2) is 79.5 Å². The molecule has 2 aromatic rings. The summed E-state index contributed by atoms with van der Waals surface area (Å²) in [5, 5.41) is 2.92. The molecule has 38 heavy (non-hydrogen) atoms. The van der Waals surface area contributed by atoms with Crippen molar-refractivity contribution in [3.05, 3.63) is 59.7 Å². The standard InChI is InChI=1S/C28H40N4O5S/c1-5-17-31(38(35,36)6-2)21-27(33)32(20-23-12-8-7-11-22(23)3)24-15-18-30(19-16-24)28(34)29-25-13-9-10-14-26(25)37-4/h7-14,24H,5-6,15-21H2,1-4H3,(H,29,34). The first-order chi connectivity index (χ1) is 18.2. The summed E-state index contributed by atoms with van der Waals surface area (Å²) < 4.78 is 31.9. The number of sulfonamides is 1. The fourth-order valence-electron chi connectivity index (χ4n) is 4.70. The van der Waals surface area contributed by atoms with E-state index in [2.05, 4.69) is 5.32 Å². The second-order valence-corrected chi connectivity index (χ2v) is 11.8. The Hall–Kier alpha value is -3.11. The lowest BCUT2D eigenvalue weighted by molar-refractivity contribution is -0.135. The highest BCUT2D eigenvalue weighted by Gasteiger charge is 2.32. The van der Waals surface area contributed by atoms with Crippen LogP contribution in [0.1, 0.15) is 44.2 Å². The first-order valence-electron chi connectivity index (χ1n) is 13.2. The van der Waals surface area contributed by atoms with Gasteiger partial charge in [0.15, 0.2) is 0 Å². The van der Waals surface area contributed by atoms with Gasteiger partial charge in [0.2, 0.25) is 15.9 Å². The number of nitrogens with one attached hydrogen (secondary N) is 1. The number of benzene rings is 2. The van der Waals surface area contributed by atoms with Crippen LogP contribution in [0, 0.1) is 6.92 Å². The van der Waals surface area contributed by atoms with E-state index in [1.807, 2.05) is 55.1 Å². The van der Waals surface area contributed by atoms with E-state index >= 15 is 0 Å². The van der Waals surface area contributed by atoms with Gasteiger partial charge in [0.25, 0.3) is 0 Å². The molecule has 1 fully saturated rings. The van der Waals surface area contributed by atoms with Crippen molar-refractivity contribution in [3.8, 4) is 5.75 Å². The largest absolute Gasteiger partial charge is 0.495 e. The number of anilines is 1. The Bertz CT molecular complexity index is 1200. The molecule has 208 valence electrons. The number of ether oxygens (including phenoxy) is 1. The molecule has 1 aliphatic rings. The SMILES string of the molecule is CCCN(CC(=O)N(Cc1ccccc1C)C1CCN(C(=O)Nc2ccccc2OC)CC1)S(=O)(=O)CC. The van der Waals surface area contributed by atoms with E-state index in [0.29, 0.717) is 56.9 Å². The number of carbonyl (C=O) groups is 2. The highest BCUT2D eigenvalue weighted by atomic mass is 32.2. The Labute approximate surface area is 226 Å². The minimum absolute atomic E-state index is 0.0439. The fraction of sp³-hybridized carbons (Fsp3) is 0.500. The third-order valence-electron chi connectivity index (χ3n) is 7.01. The molecule has 3 amide bonds. The maximum atomic E-state index is 13.6. The number of rotatable bonds is 11. The second kappa shape index (κ2) is 13.6. The van der Waals surface area contributed by atoms with Crippen molar-refractivity contribution >= 4 is 27.6 Å². The summed E-state index contributed by atoms with van der Waals surface area (Å²) in [6.45, 7) is 7.00. The number of likely N-dealkylation sites (tertiary alicyclic amines) is 1. The van der Waals surface area contributed by atoms with E-state index in [0.717, 1.165) is 11.1 Å². The molecule has 10 heteroatoms. The number of carbonyl (C=O) groups excluding carboxylic acids is 2. The van der Waals surface area contributed by atoms with Gasteiger partial charge in [-0.25, -0.2) is 13.2 Å². The van der Waals surface area contributed by atoms with Gasteiger partial charge in [-0.3, -0.25) is 4.79 Å². The quantitative estimate of drug-likeness (QED) is 0.459. The summed E-state index contributed by atoms with van der Waals surface area (Å²) in [5.41, 5.74) is 2.70. The van der Waals surface area contributed by atoms with Crippen LogP contribution in [0.15, 0.2) is 48.5 Å². The Balaban J connectivity index is 1.74. The van der Waals surface area contributed by atoms with Crippen molar-refractivity contribution in [2.45, 2.75) is 52.6 Å². The van der Waals surface area contributed by atoms with Crippen molar-refractivity contribution < 1.29 is 22.7 Å². The van der Waals surface area contributed by atoms with Gasteiger partial charge in [0, 0.05) is 32.2 Å². The van der Waals surface area contributed by atoms with Crippen LogP contribution >= 0.6 is 0 Å². The zero-order valence-corrected chi connectivity index (χ0v) is 23.7. The van der Waals surface area contributed by atoms with Gasteiger partial charge >= 0.3 is 6.03 Å². The van der Waals surface area contributed by atoms with Crippen molar-refractivity contribution in [1.82, 2.24) is 14.1 Å². The molecule has 3 rings (SSSR count). The Morgan fingerprint density at radius 2 is 1.71 bits per heavy atom. The first-order valence-corrected chi connectivity index (χ1v) is 14.8. The number of hydrogen-bond donors (Lipinski definition) is 1. The number of hydrogen-bond acceptors (Lipinski definition) is 5. The average Bonchev–Trinajstić information content (AvgIpc) is 2.92. The van der Waals surface area contributed by atoms with Crippen LogP contribution in [-0.2, 0) is 21.4 Å². The number of nitrogens with zero attached hydrogens (tertiary/aromatic N) is 3. The number of para-hydroxylation sites is 2. The van der Waals surface area contributed by atoms with Crippen LogP contribution in [0.4, 0.5) is 10.5 Å². The number of aryl methyl sites for hydroxylation is 1. The van der Waals surface area contributed by atoms with E-state index in [1.54, 1.807) is 31.1 Å². The van der Waals surface area contributed by atoms with Crippen LogP contribution in [0.5, 0.6) is 5.75 Å². The molecule has 1 aliphatic heterocycles. The maximum absolute atomic E-state index is 13.6. The zero-order valence-electron chi connectivity index (χ0n) is 22.9. The van der Waals surface area contributed by atoms with Gasteiger partial charge in [0.05, 0.1) is 25.1 Å². The predicted molar refractivity (Wildman–Crippen MR) is 150 cm³/mol. The average molecular weight is 545 g/mol. The van der Waals surface area contributed by atoms with Crippen molar-refractivity contribution in [1.29, 1.82) is 0 Å². The zero-order chi connectivity index (χ0) is 27.7. The lowest BCUT2D eigenvalue weighted by atomic mass is 10.0. The molecule has 0 spiro atoms. The van der Waals surface area contributed by atoms with E-state index in [-0.39, 0.29) is 30.3 Å². The van der Waals surface area contributed by atoms with Crippen LogP contribution in [0.3, 0.4) is 0 Å². The monoisotopic (exact) mass is 544 g/mol. The Kier molecular flexibility index (Phi) is 10.6. The normalized spacial score (nSPS) is 14.4. The Morgan fingerprint density at radius 1 is 1.05 bits per heavy atom. The van der Waals surface area contributed by atoms with Gasteiger partial charge in [-0.2, -0.15) is 4.31 Å². The number of amides is 3.